The van der Waals surface area contributed by atoms with Gasteiger partial charge in [-0.05, 0) is 61.6 Å². The highest BCUT2D eigenvalue weighted by molar-refractivity contribution is 6.30. The van der Waals surface area contributed by atoms with Gasteiger partial charge in [-0.2, -0.15) is 4.98 Å². The first-order chi connectivity index (χ1) is 15.0. The van der Waals surface area contributed by atoms with Crippen LogP contribution in [0.2, 0.25) is 10.0 Å². The van der Waals surface area contributed by atoms with E-state index in [2.05, 4.69) is 56.2 Å². The number of nitrogens with two attached hydrogens (primary N) is 1. The number of halogens is 2. The predicted molar refractivity (Wildman–Crippen MR) is 128 cm³/mol. The first kappa shape index (κ1) is 21.9. The fourth-order valence-corrected chi connectivity index (χ4v) is 4.59. The Morgan fingerprint density at radius 2 is 1.68 bits per heavy atom. The van der Waals surface area contributed by atoms with Gasteiger partial charge < -0.3 is 10.6 Å². The summed E-state index contributed by atoms with van der Waals surface area (Å²) < 4.78 is 0. The molecule has 3 aromatic rings. The molecule has 31 heavy (non-hydrogen) atoms. The molecule has 2 heterocycles. The van der Waals surface area contributed by atoms with Crippen molar-refractivity contribution < 1.29 is 0 Å². The van der Waals surface area contributed by atoms with Gasteiger partial charge in [0.25, 0.3) is 0 Å². The van der Waals surface area contributed by atoms with Gasteiger partial charge in [-0.25, -0.2) is 5.10 Å². The summed E-state index contributed by atoms with van der Waals surface area (Å²) in [5.74, 6) is 1.05. The van der Waals surface area contributed by atoms with Crippen LogP contribution >= 0.6 is 23.2 Å². The summed E-state index contributed by atoms with van der Waals surface area (Å²) in [6.45, 7) is 5.08. The molecule has 4 rings (SSSR count). The molecule has 1 fully saturated rings. The van der Waals surface area contributed by atoms with E-state index in [0.29, 0.717) is 24.0 Å². The van der Waals surface area contributed by atoms with Crippen LogP contribution < -0.4 is 10.6 Å². The smallest absolute Gasteiger partial charge is 0.246 e. The second kappa shape index (κ2) is 9.90. The molecule has 1 unspecified atom stereocenters. The van der Waals surface area contributed by atoms with Gasteiger partial charge in [0, 0.05) is 41.8 Å². The number of nitrogens with zero attached hydrogens (tertiary/aromatic N) is 4. The maximum atomic E-state index is 6.12. The Bertz CT molecular complexity index is 964. The van der Waals surface area contributed by atoms with E-state index in [9.17, 15) is 0 Å². The van der Waals surface area contributed by atoms with Crippen LogP contribution in [0, 0.1) is 0 Å². The second-order valence-electron chi connectivity index (χ2n) is 8.08. The lowest BCUT2D eigenvalue weighted by Crippen LogP contribution is -2.46. The summed E-state index contributed by atoms with van der Waals surface area (Å²) in [6.07, 6.45) is 3.08. The van der Waals surface area contributed by atoms with E-state index in [-0.39, 0.29) is 0 Å². The molecular weight excluding hydrogens is 431 g/mol. The van der Waals surface area contributed by atoms with Crippen molar-refractivity contribution in [2.75, 3.05) is 30.3 Å². The molecule has 6 nitrogen and oxygen atoms in total. The highest BCUT2D eigenvalue weighted by atomic mass is 35.5. The minimum absolute atomic E-state index is 0.292. The third kappa shape index (κ3) is 5.50. The van der Waals surface area contributed by atoms with Gasteiger partial charge in [-0.3, -0.25) is 4.90 Å². The Morgan fingerprint density at radius 3 is 2.26 bits per heavy atom. The van der Waals surface area contributed by atoms with Crippen LogP contribution in [-0.2, 0) is 6.42 Å². The first-order valence-corrected chi connectivity index (χ1v) is 11.4. The molecule has 1 saturated heterocycles. The van der Waals surface area contributed by atoms with E-state index in [4.69, 9.17) is 28.9 Å². The summed E-state index contributed by atoms with van der Waals surface area (Å²) in [4.78, 5) is 9.11. The van der Waals surface area contributed by atoms with Crippen molar-refractivity contribution in [1.82, 2.24) is 20.1 Å². The third-order valence-electron chi connectivity index (χ3n) is 6.13. The van der Waals surface area contributed by atoms with Gasteiger partial charge >= 0.3 is 0 Å². The maximum absolute atomic E-state index is 6.12. The van der Waals surface area contributed by atoms with Crippen molar-refractivity contribution in [3.63, 3.8) is 0 Å². The zero-order chi connectivity index (χ0) is 21.8. The number of aromatic nitrogens is 3. The van der Waals surface area contributed by atoms with Gasteiger partial charge in [0.2, 0.25) is 11.9 Å². The number of H-pyrrole nitrogens is 1. The topological polar surface area (TPSA) is 74.1 Å². The van der Waals surface area contributed by atoms with Gasteiger partial charge in [-0.15, -0.1) is 5.10 Å². The van der Waals surface area contributed by atoms with Crippen molar-refractivity contribution in [2.24, 2.45) is 0 Å². The number of piperidine rings is 1. The fraction of sp³-hybridized carbons (Fsp3) is 0.391. The van der Waals surface area contributed by atoms with Gasteiger partial charge in [0.1, 0.15) is 0 Å². The van der Waals surface area contributed by atoms with Crippen LogP contribution in [0.15, 0.2) is 48.5 Å². The highest BCUT2D eigenvalue weighted by Crippen LogP contribution is 2.29. The number of hydrogen-bond donors (Lipinski definition) is 2. The number of benzene rings is 2. The minimum Gasteiger partial charge on any atom is -0.368 e. The van der Waals surface area contributed by atoms with E-state index in [1.165, 1.54) is 11.1 Å². The molecule has 1 aliphatic heterocycles. The van der Waals surface area contributed by atoms with Gasteiger partial charge in [0.05, 0.1) is 0 Å². The zero-order valence-electron chi connectivity index (χ0n) is 17.6. The molecule has 0 spiro atoms. The van der Waals surface area contributed by atoms with Crippen molar-refractivity contribution >= 4 is 35.1 Å². The molecule has 3 N–H and O–H groups in total. The summed E-state index contributed by atoms with van der Waals surface area (Å²) in [6, 6.07) is 17.1. The molecule has 0 bridgehead atoms. The SMILES string of the molecule is CC(c1ccc(Cl)cc1)N(CCc1ccc(Cl)cc1)C1CCN(c2n[nH]c(N)n2)CC1. The summed E-state index contributed by atoms with van der Waals surface area (Å²) in [7, 11) is 0. The molecule has 1 atom stereocenters. The Morgan fingerprint density at radius 1 is 1.06 bits per heavy atom. The Hall–Kier alpha value is -2.28. The molecule has 0 aliphatic carbocycles. The number of nitrogens with one attached hydrogen (secondary N) is 1. The summed E-state index contributed by atoms with van der Waals surface area (Å²) >= 11 is 12.2. The van der Waals surface area contributed by atoms with E-state index in [1.54, 1.807) is 0 Å². The molecule has 0 radical (unpaired) electrons. The number of hydrogen-bond acceptors (Lipinski definition) is 5. The number of nitrogen functional groups attached to an aromatic ring is 1. The average molecular weight is 459 g/mol. The summed E-state index contributed by atoms with van der Waals surface area (Å²) in [5.41, 5.74) is 8.28. The molecule has 2 aromatic carbocycles. The number of rotatable bonds is 7. The van der Waals surface area contributed by atoms with Crippen LogP contribution in [0.5, 0.6) is 0 Å². The van der Waals surface area contributed by atoms with Crippen molar-refractivity contribution in [3.8, 4) is 0 Å². The lowest BCUT2D eigenvalue weighted by Gasteiger charge is -2.41. The van der Waals surface area contributed by atoms with Crippen LogP contribution in [0.3, 0.4) is 0 Å². The largest absolute Gasteiger partial charge is 0.368 e. The van der Waals surface area contributed by atoms with Crippen molar-refractivity contribution in [2.45, 2.75) is 38.3 Å². The van der Waals surface area contributed by atoms with Crippen molar-refractivity contribution in [1.29, 1.82) is 0 Å². The molecule has 164 valence electrons. The van der Waals surface area contributed by atoms with Gasteiger partial charge in [0.15, 0.2) is 0 Å². The van der Waals surface area contributed by atoms with E-state index in [0.717, 1.165) is 48.9 Å². The summed E-state index contributed by atoms with van der Waals surface area (Å²) in [5, 5.41) is 8.48. The normalized spacial score (nSPS) is 16.1. The Balaban J connectivity index is 1.47. The van der Waals surface area contributed by atoms with E-state index >= 15 is 0 Å². The standard InChI is InChI=1S/C23H28Cl2N6/c1-16(18-4-8-20(25)9-5-18)31(15-10-17-2-6-19(24)7-3-17)21-11-13-30(14-12-21)23-27-22(26)28-29-23/h2-9,16,21H,10-15H2,1H3,(H3,26,27,28,29). The molecule has 1 aromatic heterocycles. The molecule has 1 aliphatic rings. The Labute approximate surface area is 193 Å². The second-order valence-corrected chi connectivity index (χ2v) is 8.95. The molecule has 8 heteroatoms. The predicted octanol–water partition coefficient (Wildman–Crippen LogP) is 4.97. The van der Waals surface area contributed by atoms with Gasteiger partial charge in [-0.1, -0.05) is 47.5 Å². The highest BCUT2D eigenvalue weighted by Gasteiger charge is 2.29. The lowest BCUT2D eigenvalue weighted by atomic mass is 9.97. The van der Waals surface area contributed by atoms with Crippen LogP contribution in [0.1, 0.15) is 36.9 Å². The number of anilines is 2. The molecule has 0 amide bonds. The zero-order valence-corrected chi connectivity index (χ0v) is 19.2. The van der Waals surface area contributed by atoms with E-state index in [1.807, 2.05) is 24.3 Å². The lowest BCUT2D eigenvalue weighted by molar-refractivity contribution is 0.123. The van der Waals surface area contributed by atoms with E-state index < -0.39 is 0 Å². The average Bonchev–Trinajstić information content (AvgIpc) is 3.22. The Kier molecular flexibility index (Phi) is 7.00. The van der Waals surface area contributed by atoms with Crippen LogP contribution in [0.4, 0.5) is 11.9 Å². The maximum Gasteiger partial charge on any atom is 0.246 e. The van der Waals surface area contributed by atoms with Crippen molar-refractivity contribution in [3.05, 3.63) is 69.7 Å². The van der Waals surface area contributed by atoms with Crippen LogP contribution in [0.25, 0.3) is 0 Å². The molecular formula is C23H28Cl2N6. The number of aromatic amines is 1. The third-order valence-corrected chi connectivity index (χ3v) is 6.63. The molecule has 0 saturated carbocycles. The fourth-order valence-electron chi connectivity index (χ4n) is 4.34. The van der Waals surface area contributed by atoms with Crippen LogP contribution in [-0.4, -0.2) is 45.8 Å². The monoisotopic (exact) mass is 458 g/mol. The first-order valence-electron chi connectivity index (χ1n) is 10.7. The quantitative estimate of drug-likeness (QED) is 0.522. The minimum atomic E-state index is 0.292.